The van der Waals surface area contributed by atoms with Gasteiger partial charge in [-0.25, -0.2) is 4.39 Å². The Labute approximate surface area is 331 Å². The smallest absolute Gasteiger partial charge is 2.00 e. The van der Waals surface area contributed by atoms with Crippen molar-refractivity contribution in [2.75, 3.05) is 51.3 Å². The first-order chi connectivity index (χ1) is 23.9. The number of nitrogens with zero attached hydrogens (tertiary/aromatic N) is 4. The van der Waals surface area contributed by atoms with Gasteiger partial charge in [-0.2, -0.15) is 11.5 Å². The summed E-state index contributed by atoms with van der Waals surface area (Å²) in [6.07, 6.45) is 14.0. The van der Waals surface area contributed by atoms with E-state index >= 15 is 0 Å². The number of aliphatic imine (C=N–C) groups is 1. The molecule has 0 saturated carbocycles. The first-order valence-corrected chi connectivity index (χ1v) is 19.9. The summed E-state index contributed by atoms with van der Waals surface area (Å²) in [5.41, 5.74) is 1.99. The molecule has 2 aliphatic rings. The van der Waals surface area contributed by atoms with Crippen LogP contribution in [0.3, 0.4) is 0 Å². The average molecular weight is 834 g/mol. The van der Waals surface area contributed by atoms with Gasteiger partial charge in [0.1, 0.15) is 19.0 Å². The van der Waals surface area contributed by atoms with Gasteiger partial charge in [0.05, 0.1) is 11.8 Å². The minimum atomic E-state index is -0.275. The first kappa shape index (κ1) is 47.8. The van der Waals surface area contributed by atoms with Gasteiger partial charge >= 0.3 is 26.1 Å². The molecule has 3 rings (SSSR count). The summed E-state index contributed by atoms with van der Waals surface area (Å²) in [5, 5.41) is 16.9. The molecule has 1 aromatic rings. The fraction of sp³-hybridized carbons (Fsp3) is 0.763. The quantitative estimate of drug-likeness (QED) is 0.0293. The summed E-state index contributed by atoms with van der Waals surface area (Å²) < 4.78 is 20.4. The Balaban J connectivity index is 0.00000650. The van der Waals surface area contributed by atoms with E-state index in [0.717, 1.165) is 56.3 Å². The molecule has 0 radical (unpaired) electrons. The topological polar surface area (TPSA) is 118 Å². The van der Waals surface area contributed by atoms with Crippen molar-refractivity contribution in [1.82, 2.24) is 9.80 Å². The van der Waals surface area contributed by atoms with E-state index in [2.05, 4.69) is 33.8 Å². The fourth-order valence-corrected chi connectivity index (χ4v) is 8.20. The van der Waals surface area contributed by atoms with E-state index in [1.165, 1.54) is 50.7 Å². The van der Waals surface area contributed by atoms with Crippen molar-refractivity contribution in [2.24, 2.45) is 16.1 Å². The molecule has 2 aliphatic heterocycles. The number of halogens is 1. The number of rotatable bonds is 25. The van der Waals surface area contributed by atoms with Gasteiger partial charge in [0.25, 0.3) is 0 Å². The van der Waals surface area contributed by atoms with E-state index in [9.17, 15) is 14.3 Å². The normalized spacial score (nSPS) is 22.1. The van der Waals surface area contributed by atoms with Crippen LogP contribution >= 0.6 is 0 Å². The predicted molar refractivity (Wildman–Crippen MR) is 201 cm³/mol. The number of unbranched alkanes of at least 4 members (excludes halogenated alkanes) is 8. The van der Waals surface area contributed by atoms with Crippen LogP contribution in [-0.4, -0.2) is 96.9 Å². The van der Waals surface area contributed by atoms with Crippen LogP contribution in [0.4, 0.5) is 4.39 Å². The number of benzene rings is 1. The maximum Gasteiger partial charge on any atom is 5.00 e. The predicted octanol–water partition coefficient (Wildman–Crippen LogP) is 6.04. The second-order valence-electron chi connectivity index (χ2n) is 13.6. The van der Waals surface area contributed by atoms with Crippen molar-refractivity contribution < 1.29 is 49.4 Å². The molecular formula is C38H60FN4O5S2Tc. The molecule has 2 heterocycles. The van der Waals surface area contributed by atoms with Crippen LogP contribution in [0.15, 0.2) is 34.4 Å². The van der Waals surface area contributed by atoms with Gasteiger partial charge in [-0.3, -0.25) is 9.69 Å². The monoisotopic (exact) mass is 833 g/mol. The summed E-state index contributed by atoms with van der Waals surface area (Å²) in [6, 6.07) is 6.92. The van der Waals surface area contributed by atoms with Crippen molar-refractivity contribution in [3.63, 3.8) is 0 Å². The molecule has 0 N–H and O–H groups in total. The first-order valence-electron chi connectivity index (χ1n) is 18.8. The molecule has 2 fully saturated rings. The number of carbonyl (C=O) groups excluding carboxylic acids is 1. The largest absolute Gasteiger partial charge is 5.00 e. The van der Waals surface area contributed by atoms with E-state index < -0.39 is 0 Å². The van der Waals surface area contributed by atoms with Crippen LogP contribution < -0.4 is 5.11 Å². The third-order valence-electron chi connectivity index (χ3n) is 10.1. The molecule has 0 aliphatic carbocycles. The second kappa shape index (κ2) is 27.4. The van der Waals surface area contributed by atoms with E-state index in [-0.39, 0.29) is 79.8 Å². The molecule has 288 valence electrons. The molecule has 2 saturated heterocycles. The summed E-state index contributed by atoms with van der Waals surface area (Å²) in [4.78, 5) is 27.3. The molecule has 0 aromatic heterocycles. The number of esters is 1. The van der Waals surface area contributed by atoms with E-state index in [4.69, 9.17) is 34.8 Å². The Morgan fingerprint density at radius 2 is 1.65 bits per heavy atom. The molecule has 5 atom stereocenters. The Hall–Kier alpha value is -1.21. The van der Waals surface area contributed by atoms with Gasteiger partial charge in [0.2, 0.25) is 0 Å². The molecule has 13 heteroatoms. The fourth-order valence-electron chi connectivity index (χ4n) is 7.85. The van der Waals surface area contributed by atoms with Crippen molar-refractivity contribution in [2.45, 2.75) is 128 Å². The van der Waals surface area contributed by atoms with Crippen molar-refractivity contribution in [3.8, 4) is 0 Å². The zero-order valence-electron chi connectivity index (χ0n) is 30.9. The Morgan fingerprint density at radius 1 is 0.980 bits per heavy atom. The van der Waals surface area contributed by atoms with Crippen molar-refractivity contribution in [1.29, 1.82) is 0 Å². The standard InChI is InChI=1S/C38H63FN4O4S2.O.Tc/c1-4-6-7-8-9-10-11-12-13-15-36(45)47-34-27-31-26-32(29-16-18-30(39)19-17-29)37(33(5-2)41-46-3)38(34)43(31)22-14-21-42(23-25-49)28-35(44)40-20-24-48;;/h16-19,31-32,34,37-38,48-49H,4-15,20-28H2,1-3H3,(H,40,44);;/q;-2;+5/p-3/i;;1+0. The van der Waals surface area contributed by atoms with E-state index in [0.29, 0.717) is 44.0 Å². The Kier molecular flexibility index (Phi) is 25.7. The summed E-state index contributed by atoms with van der Waals surface area (Å²) in [6.45, 7) is 7.07. The number of hydrogen-bond donors (Lipinski definition) is 0. The van der Waals surface area contributed by atoms with Gasteiger partial charge in [0, 0.05) is 44.4 Å². The number of hydrogen-bond acceptors (Lipinski definition) is 10. The summed E-state index contributed by atoms with van der Waals surface area (Å²) in [7, 11) is 1.57. The molecule has 9 nitrogen and oxygen atoms in total. The van der Waals surface area contributed by atoms with Crippen LogP contribution in [0.1, 0.15) is 115 Å². The minimum Gasteiger partial charge on any atom is -2.00 e. The Morgan fingerprint density at radius 3 is 2.25 bits per heavy atom. The van der Waals surface area contributed by atoms with E-state index in [1.54, 1.807) is 7.11 Å². The van der Waals surface area contributed by atoms with Crippen molar-refractivity contribution in [3.05, 3.63) is 35.6 Å². The maximum absolute atomic E-state index is 14.0. The second-order valence-corrected chi connectivity index (χ2v) is 14.4. The molecule has 0 amide bonds. The van der Waals surface area contributed by atoms with Crippen molar-refractivity contribution >= 4 is 42.8 Å². The minimum absolute atomic E-state index is 0. The van der Waals surface area contributed by atoms with Gasteiger partial charge in [-0.1, -0.05) is 82.5 Å². The number of piperidine rings is 1. The van der Waals surface area contributed by atoms with Gasteiger partial charge < -0.3 is 55.3 Å². The Bertz CT molecular complexity index is 1150. The molecule has 0 spiro atoms. The van der Waals surface area contributed by atoms with Gasteiger partial charge in [0.15, 0.2) is 0 Å². The number of fused-ring (bicyclic) bond motifs is 2. The average Bonchev–Trinajstić information content (AvgIpc) is 3.31. The molecule has 1 aromatic carbocycles. The summed E-state index contributed by atoms with van der Waals surface area (Å²) >= 11 is 10.2. The number of carbonyl (C=O) groups is 1. The molecular weight excluding hydrogens is 773 g/mol. The number of ether oxygens (including phenoxy) is 1. The van der Waals surface area contributed by atoms with Crippen LogP contribution in [-0.2, 0) is 65.2 Å². The van der Waals surface area contributed by atoms with Crippen LogP contribution in [0, 0.1) is 11.7 Å². The van der Waals surface area contributed by atoms with E-state index in [1.807, 2.05) is 12.1 Å². The van der Waals surface area contributed by atoms with Crippen LogP contribution in [0.25, 0.3) is 0 Å². The van der Waals surface area contributed by atoms with Crippen LogP contribution in [0.2, 0.25) is 0 Å². The molecule has 2 bridgehead atoms. The molecule has 5 unspecified atom stereocenters. The zero-order valence-corrected chi connectivity index (χ0v) is 34.4. The maximum atomic E-state index is 14.0. The summed E-state index contributed by atoms with van der Waals surface area (Å²) in [5.74, 6) is 0.443. The van der Waals surface area contributed by atoms with Gasteiger partial charge in [-0.05, 0) is 68.3 Å². The SMILES string of the molecule is CCCCCCCCCCCC(=O)OC1CC2CC(c3ccc(F)cc3)C(C(CC)=NOC)C1N2CCCN(CC[S-])CC([O-])=NCC[S-].[98Tc+5].[O-2]. The van der Waals surface area contributed by atoms with Gasteiger partial charge in [-0.15, -0.1) is 0 Å². The third-order valence-corrected chi connectivity index (χ3v) is 10.5. The molecule has 51 heavy (non-hydrogen) atoms. The number of oxime groups is 1. The van der Waals surface area contributed by atoms with Crippen LogP contribution in [0.5, 0.6) is 0 Å². The zero-order chi connectivity index (χ0) is 35.4. The third kappa shape index (κ3) is 16.0.